The lowest BCUT2D eigenvalue weighted by Crippen LogP contribution is -1.96. The molecule has 0 nitrogen and oxygen atoms in total. The minimum absolute atomic E-state index is 0.102. The molecule has 202 valence electrons. The van der Waals surface area contributed by atoms with Crippen LogP contribution in [0.15, 0.2) is 78.9 Å². The predicted molar refractivity (Wildman–Crippen MR) is 166 cm³/mol. The molecule has 0 fully saturated rings. The van der Waals surface area contributed by atoms with Crippen LogP contribution in [0.4, 0.5) is 4.39 Å². The Kier molecular flexibility index (Phi) is 11.2. The fraction of sp³-hybridized carbons (Fsp3) is 0.368. The summed E-state index contributed by atoms with van der Waals surface area (Å²) < 4.78 is 15.4. The van der Waals surface area contributed by atoms with E-state index in [-0.39, 0.29) is 5.82 Å². The van der Waals surface area contributed by atoms with E-state index in [9.17, 15) is 0 Å². The van der Waals surface area contributed by atoms with Crippen molar-refractivity contribution in [3.8, 4) is 11.8 Å². The summed E-state index contributed by atoms with van der Waals surface area (Å²) in [6.45, 7) is 4.49. The number of halogens is 1. The molecule has 39 heavy (non-hydrogen) atoms. The topological polar surface area (TPSA) is 0 Å². The van der Waals surface area contributed by atoms with Gasteiger partial charge in [0.2, 0.25) is 0 Å². The molecule has 0 radical (unpaired) electrons. The van der Waals surface area contributed by atoms with Gasteiger partial charge in [-0.2, -0.15) is 0 Å². The van der Waals surface area contributed by atoms with Gasteiger partial charge in [0.1, 0.15) is 5.82 Å². The number of hydrogen-bond acceptors (Lipinski definition) is 0. The molecule has 0 bridgehead atoms. The lowest BCUT2D eigenvalue weighted by atomic mass is 9.98. The highest BCUT2D eigenvalue weighted by Crippen LogP contribution is 2.24. The lowest BCUT2D eigenvalue weighted by Gasteiger charge is -2.08. The predicted octanol–water partition coefficient (Wildman–Crippen LogP) is 10.4. The van der Waals surface area contributed by atoms with E-state index in [4.69, 9.17) is 0 Å². The Labute approximate surface area is 235 Å². The molecular formula is C38H43F. The van der Waals surface area contributed by atoms with Crippen LogP contribution in [0.1, 0.15) is 98.6 Å². The van der Waals surface area contributed by atoms with Crippen molar-refractivity contribution >= 4 is 10.8 Å². The monoisotopic (exact) mass is 518 g/mol. The smallest absolute Gasteiger partial charge is 0.134 e. The maximum absolute atomic E-state index is 15.4. The summed E-state index contributed by atoms with van der Waals surface area (Å²) in [6.07, 6.45) is 14.1. The highest BCUT2D eigenvalue weighted by molar-refractivity contribution is 5.85. The molecule has 1 heteroatoms. The van der Waals surface area contributed by atoms with E-state index >= 15 is 4.39 Å². The van der Waals surface area contributed by atoms with Crippen LogP contribution in [0.3, 0.4) is 0 Å². The van der Waals surface area contributed by atoms with Crippen LogP contribution < -0.4 is 0 Å². The Morgan fingerprint density at radius 2 is 1.05 bits per heavy atom. The molecule has 0 saturated carbocycles. The number of fused-ring (bicyclic) bond motifs is 1. The van der Waals surface area contributed by atoms with Crippen LogP contribution >= 0.6 is 0 Å². The average molecular weight is 519 g/mol. The first-order chi connectivity index (χ1) is 19.2. The van der Waals surface area contributed by atoms with Gasteiger partial charge in [0.25, 0.3) is 0 Å². The Bertz CT molecular complexity index is 1370. The van der Waals surface area contributed by atoms with E-state index in [0.29, 0.717) is 11.8 Å². The van der Waals surface area contributed by atoms with Crippen LogP contribution in [0.5, 0.6) is 0 Å². The normalized spacial score (nSPS) is 10.9. The van der Waals surface area contributed by atoms with Crippen molar-refractivity contribution < 1.29 is 4.39 Å². The summed E-state index contributed by atoms with van der Waals surface area (Å²) in [7, 11) is 0. The fourth-order valence-electron chi connectivity index (χ4n) is 5.17. The Morgan fingerprint density at radius 3 is 1.74 bits per heavy atom. The van der Waals surface area contributed by atoms with Crippen molar-refractivity contribution in [1.29, 1.82) is 0 Å². The summed E-state index contributed by atoms with van der Waals surface area (Å²) in [5.74, 6) is 6.42. The first-order valence-corrected chi connectivity index (χ1v) is 15.1. The van der Waals surface area contributed by atoms with Crippen LogP contribution in [0.2, 0.25) is 0 Å². The van der Waals surface area contributed by atoms with Gasteiger partial charge in [-0.15, -0.1) is 0 Å². The van der Waals surface area contributed by atoms with Crippen LogP contribution in [-0.4, -0.2) is 0 Å². The molecule has 4 aromatic carbocycles. The van der Waals surface area contributed by atoms with Crippen molar-refractivity contribution in [2.75, 3.05) is 0 Å². The minimum atomic E-state index is -0.102. The highest BCUT2D eigenvalue weighted by Gasteiger charge is 2.08. The van der Waals surface area contributed by atoms with Gasteiger partial charge in [0.15, 0.2) is 0 Å². The zero-order chi connectivity index (χ0) is 27.3. The first kappa shape index (κ1) is 28.6. The minimum Gasteiger partial charge on any atom is -0.206 e. The maximum Gasteiger partial charge on any atom is 0.134 e. The molecule has 0 aromatic heterocycles. The van der Waals surface area contributed by atoms with E-state index in [0.717, 1.165) is 41.3 Å². The van der Waals surface area contributed by atoms with Gasteiger partial charge in [0.05, 0.1) is 0 Å². The molecule has 0 aliphatic carbocycles. The van der Waals surface area contributed by atoms with Crippen molar-refractivity contribution in [2.45, 2.75) is 90.9 Å². The largest absolute Gasteiger partial charge is 0.206 e. The van der Waals surface area contributed by atoms with Crippen LogP contribution in [0, 0.1) is 17.7 Å². The molecule has 0 atom stereocenters. The molecule has 0 aliphatic rings. The number of rotatable bonds is 13. The third-order valence-electron chi connectivity index (χ3n) is 7.68. The average Bonchev–Trinajstić information content (AvgIpc) is 2.97. The summed E-state index contributed by atoms with van der Waals surface area (Å²) in [6, 6.07) is 27.3. The second kappa shape index (κ2) is 15.3. The van der Waals surface area contributed by atoms with Gasteiger partial charge in [-0.05, 0) is 90.4 Å². The number of hydrogen-bond donors (Lipinski definition) is 0. The van der Waals surface area contributed by atoms with Gasteiger partial charge < -0.3 is 0 Å². The molecule has 0 aliphatic heterocycles. The van der Waals surface area contributed by atoms with Crippen molar-refractivity contribution in [1.82, 2.24) is 0 Å². The molecule has 0 N–H and O–H groups in total. The van der Waals surface area contributed by atoms with E-state index in [2.05, 4.69) is 74.2 Å². The van der Waals surface area contributed by atoms with E-state index in [1.54, 1.807) is 0 Å². The summed E-state index contributed by atoms with van der Waals surface area (Å²) >= 11 is 0. The molecule has 4 aromatic rings. The summed E-state index contributed by atoms with van der Waals surface area (Å²) in [5.41, 5.74) is 6.74. The Balaban J connectivity index is 1.34. The van der Waals surface area contributed by atoms with Crippen LogP contribution in [-0.2, 0) is 25.7 Å². The van der Waals surface area contributed by atoms with Gasteiger partial charge in [-0.25, -0.2) is 4.39 Å². The number of unbranched alkanes of at least 4 members (excludes halogenated alkanes) is 6. The molecule has 4 rings (SSSR count). The summed E-state index contributed by atoms with van der Waals surface area (Å²) in [5, 5.41) is 1.57. The van der Waals surface area contributed by atoms with Gasteiger partial charge in [0, 0.05) is 16.5 Å². The van der Waals surface area contributed by atoms with Crippen molar-refractivity contribution in [3.05, 3.63) is 118 Å². The van der Waals surface area contributed by atoms with Crippen LogP contribution in [0.25, 0.3) is 10.8 Å². The number of aryl methyl sites for hydroxylation is 4. The summed E-state index contributed by atoms with van der Waals surface area (Å²) in [4.78, 5) is 0. The molecule has 0 amide bonds. The van der Waals surface area contributed by atoms with E-state index < -0.39 is 0 Å². The van der Waals surface area contributed by atoms with Gasteiger partial charge in [-0.3, -0.25) is 0 Å². The third kappa shape index (κ3) is 8.83. The lowest BCUT2D eigenvalue weighted by molar-refractivity contribution is 0.620. The highest BCUT2D eigenvalue weighted by atomic mass is 19.1. The molecular weight excluding hydrogens is 475 g/mol. The van der Waals surface area contributed by atoms with E-state index in [1.165, 1.54) is 68.1 Å². The van der Waals surface area contributed by atoms with E-state index in [1.807, 2.05) is 30.3 Å². The third-order valence-corrected chi connectivity index (χ3v) is 7.68. The SMILES string of the molecule is CCCCCCCc1ccc(CCc2ccc3cc(C#Cc4ccc(CCCCC)cc4)ccc3c2F)cc1. The zero-order valence-electron chi connectivity index (χ0n) is 23.9. The van der Waals surface area contributed by atoms with Gasteiger partial charge in [-0.1, -0.05) is 119 Å². The van der Waals surface area contributed by atoms with Crippen molar-refractivity contribution in [3.63, 3.8) is 0 Å². The number of benzene rings is 4. The maximum atomic E-state index is 15.4. The quantitative estimate of drug-likeness (QED) is 0.122. The second-order valence-electron chi connectivity index (χ2n) is 10.9. The molecule has 0 unspecified atom stereocenters. The first-order valence-electron chi connectivity index (χ1n) is 15.1. The van der Waals surface area contributed by atoms with Gasteiger partial charge >= 0.3 is 0 Å². The fourth-order valence-corrected chi connectivity index (χ4v) is 5.17. The molecule has 0 spiro atoms. The molecule has 0 saturated heterocycles. The molecule has 0 heterocycles. The Morgan fingerprint density at radius 1 is 0.513 bits per heavy atom. The standard InChI is InChI=1S/C38H43F/c1-3-5-7-8-10-12-31-15-19-33(20-16-31)23-25-35-26-27-36-29-34(24-28-37(36)38(35)39)22-21-32-17-13-30(14-18-32)11-9-6-4-2/h13-20,24,26-29H,3-12,23,25H2,1-2H3. The Hall–Kier alpha value is -3.37. The second-order valence-corrected chi connectivity index (χ2v) is 10.9. The van der Waals surface area contributed by atoms with Crippen molar-refractivity contribution in [2.24, 2.45) is 0 Å². The zero-order valence-corrected chi connectivity index (χ0v) is 23.9.